The fourth-order valence-electron chi connectivity index (χ4n) is 8.57. The molecule has 6 rings (SSSR count). The molecular formula is C35H39F3N2O5. The monoisotopic (exact) mass is 624 g/mol. The number of rotatable bonds is 9. The minimum absolute atomic E-state index is 0.0682. The van der Waals surface area contributed by atoms with Crippen LogP contribution in [0.5, 0.6) is 11.5 Å². The highest BCUT2D eigenvalue weighted by Gasteiger charge is 2.75. The molecule has 1 amide bonds. The van der Waals surface area contributed by atoms with Gasteiger partial charge in [0.1, 0.15) is 23.2 Å². The van der Waals surface area contributed by atoms with Gasteiger partial charge in [-0.3, -0.25) is 14.5 Å². The van der Waals surface area contributed by atoms with E-state index in [9.17, 15) is 22.8 Å². The summed E-state index contributed by atoms with van der Waals surface area (Å²) in [6.07, 6.45) is 2.08. The zero-order chi connectivity index (χ0) is 32.1. The molecule has 1 spiro atoms. The summed E-state index contributed by atoms with van der Waals surface area (Å²) in [6, 6.07) is 11.2. The van der Waals surface area contributed by atoms with E-state index in [2.05, 4.69) is 22.3 Å². The Morgan fingerprint density at radius 2 is 1.98 bits per heavy atom. The number of esters is 1. The van der Waals surface area contributed by atoms with Crippen LogP contribution in [-0.2, 0) is 26.2 Å². The van der Waals surface area contributed by atoms with Gasteiger partial charge in [-0.05, 0) is 67.0 Å². The first-order valence-corrected chi connectivity index (χ1v) is 15.6. The van der Waals surface area contributed by atoms with Crippen LogP contribution in [0.3, 0.4) is 0 Å². The van der Waals surface area contributed by atoms with Crippen LogP contribution in [0, 0.1) is 5.92 Å². The van der Waals surface area contributed by atoms with Gasteiger partial charge < -0.3 is 19.1 Å². The van der Waals surface area contributed by atoms with E-state index in [1.807, 2.05) is 37.0 Å². The fourth-order valence-corrected chi connectivity index (χ4v) is 8.57. The van der Waals surface area contributed by atoms with Gasteiger partial charge >= 0.3 is 12.3 Å². The summed E-state index contributed by atoms with van der Waals surface area (Å²) in [4.78, 5) is 31.1. The number of nitrogens with zero attached hydrogens (tertiary/aromatic N) is 2. The van der Waals surface area contributed by atoms with Crippen molar-refractivity contribution in [3.8, 4) is 11.5 Å². The highest BCUT2D eigenvalue weighted by atomic mass is 19.4. The summed E-state index contributed by atoms with van der Waals surface area (Å²) in [5.41, 5.74) is 1.22. The lowest BCUT2D eigenvalue weighted by molar-refractivity contribution is -0.274. The van der Waals surface area contributed by atoms with Crippen molar-refractivity contribution >= 4 is 18.0 Å². The van der Waals surface area contributed by atoms with E-state index in [-0.39, 0.29) is 35.6 Å². The summed E-state index contributed by atoms with van der Waals surface area (Å²) in [5, 5.41) is 0. The van der Waals surface area contributed by atoms with Crippen LogP contribution in [0.25, 0.3) is 6.08 Å². The molecule has 10 heteroatoms. The molecule has 0 radical (unpaired) electrons. The maximum absolute atomic E-state index is 14.0. The number of amides is 1. The molecule has 1 saturated carbocycles. The molecule has 2 aliphatic carbocycles. The number of likely N-dealkylation sites (tertiary alicyclic amines) is 1. The average molecular weight is 625 g/mol. The minimum Gasteiger partial charge on any atom is -0.487 e. The molecule has 2 aliphatic heterocycles. The summed E-state index contributed by atoms with van der Waals surface area (Å²) in [5.74, 6) is -0.0306. The fraction of sp³-hybridized carbons (Fsp3) is 0.486. The first-order chi connectivity index (χ1) is 21.4. The number of carbonyl (C=O) groups is 2. The molecular weight excluding hydrogens is 585 g/mol. The third-order valence-electron chi connectivity index (χ3n) is 9.84. The van der Waals surface area contributed by atoms with Crippen LogP contribution in [-0.4, -0.2) is 71.5 Å². The molecule has 0 unspecified atom stereocenters. The Hall–Kier alpha value is -3.79. The molecule has 4 aliphatic rings. The van der Waals surface area contributed by atoms with Gasteiger partial charge in [0.15, 0.2) is 0 Å². The molecule has 2 fully saturated rings. The Kier molecular flexibility index (Phi) is 8.00. The van der Waals surface area contributed by atoms with Gasteiger partial charge in [0.25, 0.3) is 0 Å². The van der Waals surface area contributed by atoms with E-state index in [4.69, 9.17) is 9.47 Å². The van der Waals surface area contributed by atoms with Gasteiger partial charge in [-0.25, -0.2) is 0 Å². The maximum Gasteiger partial charge on any atom is 0.573 e. The molecule has 0 N–H and O–H groups in total. The van der Waals surface area contributed by atoms with Crippen LogP contribution in [0.2, 0.25) is 0 Å². The Morgan fingerprint density at radius 3 is 2.69 bits per heavy atom. The number of alkyl halides is 3. The second-order valence-corrected chi connectivity index (χ2v) is 13.0. The van der Waals surface area contributed by atoms with Crippen LogP contribution in [0.1, 0.15) is 56.7 Å². The van der Waals surface area contributed by atoms with E-state index >= 15 is 0 Å². The van der Waals surface area contributed by atoms with Gasteiger partial charge in [-0.1, -0.05) is 44.2 Å². The zero-order valence-electron chi connectivity index (χ0n) is 25.8. The molecule has 240 valence electrons. The molecule has 5 atom stereocenters. The van der Waals surface area contributed by atoms with Crippen molar-refractivity contribution in [1.82, 2.24) is 9.80 Å². The van der Waals surface area contributed by atoms with Gasteiger partial charge in [0, 0.05) is 38.2 Å². The number of hydrogen-bond acceptors (Lipinski definition) is 6. The van der Waals surface area contributed by atoms with Crippen molar-refractivity contribution in [2.75, 3.05) is 19.6 Å². The first-order valence-electron chi connectivity index (χ1n) is 15.6. The minimum atomic E-state index is -4.81. The number of halogens is 3. The predicted octanol–water partition coefficient (Wildman–Crippen LogP) is 6.06. The van der Waals surface area contributed by atoms with Crippen molar-refractivity contribution in [3.05, 3.63) is 77.9 Å². The first kappa shape index (κ1) is 31.2. The summed E-state index contributed by atoms with van der Waals surface area (Å²) in [7, 11) is 0. The SMILES string of the molecule is C=CCN1CC[C@]23c4c5cccc4O[C@H]2[C@H](N(CC(C)C)C(=O)C=Cc2cccc(OC(F)(F)F)c2)CC[C@@]3(OC(C)=O)[C@H]1C5. The quantitative estimate of drug-likeness (QED) is 0.192. The molecule has 45 heavy (non-hydrogen) atoms. The smallest absolute Gasteiger partial charge is 0.487 e. The third-order valence-corrected chi connectivity index (χ3v) is 9.84. The highest BCUT2D eigenvalue weighted by Crippen LogP contribution is 2.65. The lowest BCUT2D eigenvalue weighted by atomic mass is 9.48. The standard InChI is InChI=1S/C35H39F3N2O5/c1-5-17-39-18-16-33-31-25-9-7-11-28(31)43-32(33)27(14-15-34(33,29(39)20-25)44-23(4)41)40(21-22(2)3)30(42)13-12-24-8-6-10-26(19-24)45-35(36,37)38/h5-13,19,22,27,29,32H,1,14-18,20-21H2,2-4H3/t27-,29-,32+,33+,34-/m1/s1. The Labute approximate surface area is 261 Å². The Bertz CT molecular complexity index is 1520. The van der Waals surface area contributed by atoms with Crippen molar-refractivity contribution < 1.29 is 37.0 Å². The number of benzene rings is 2. The zero-order valence-corrected chi connectivity index (χ0v) is 25.8. The number of ether oxygens (including phenoxy) is 3. The van der Waals surface area contributed by atoms with E-state index < -0.39 is 23.5 Å². The average Bonchev–Trinajstić information content (AvgIpc) is 3.30. The summed E-state index contributed by atoms with van der Waals surface area (Å²) < 4.78 is 55.7. The molecule has 2 aromatic carbocycles. The lowest BCUT2D eigenvalue weighted by Crippen LogP contribution is -2.79. The molecule has 1 saturated heterocycles. The van der Waals surface area contributed by atoms with E-state index in [0.717, 1.165) is 24.3 Å². The number of carbonyl (C=O) groups excluding carboxylic acids is 2. The van der Waals surface area contributed by atoms with Crippen molar-refractivity contribution in [2.45, 2.75) is 82.0 Å². The second kappa shape index (κ2) is 11.5. The van der Waals surface area contributed by atoms with Crippen molar-refractivity contribution in [3.63, 3.8) is 0 Å². The molecule has 2 bridgehead atoms. The van der Waals surface area contributed by atoms with Gasteiger partial charge in [0.05, 0.1) is 17.5 Å². The normalized spacial score (nSPS) is 28.4. The van der Waals surface area contributed by atoms with E-state index in [1.165, 1.54) is 42.8 Å². The van der Waals surface area contributed by atoms with Crippen LogP contribution >= 0.6 is 0 Å². The van der Waals surface area contributed by atoms with Gasteiger partial charge in [-0.2, -0.15) is 0 Å². The van der Waals surface area contributed by atoms with Gasteiger partial charge in [-0.15, -0.1) is 19.8 Å². The second-order valence-electron chi connectivity index (χ2n) is 13.0. The summed E-state index contributed by atoms with van der Waals surface area (Å²) in [6.45, 7) is 11.4. The van der Waals surface area contributed by atoms with Crippen LogP contribution in [0.4, 0.5) is 13.2 Å². The maximum atomic E-state index is 14.0. The Morgan fingerprint density at radius 1 is 1.20 bits per heavy atom. The third kappa shape index (κ3) is 5.30. The Balaban J connectivity index is 1.39. The lowest BCUT2D eigenvalue weighted by Gasteiger charge is -2.65. The molecule has 2 aromatic rings. The largest absolute Gasteiger partial charge is 0.573 e. The predicted molar refractivity (Wildman–Crippen MR) is 163 cm³/mol. The number of piperidine rings is 1. The van der Waals surface area contributed by atoms with Gasteiger partial charge in [0.2, 0.25) is 5.91 Å². The molecule has 0 aromatic heterocycles. The van der Waals surface area contributed by atoms with Crippen molar-refractivity contribution in [2.24, 2.45) is 5.92 Å². The number of hydrogen-bond donors (Lipinski definition) is 0. The van der Waals surface area contributed by atoms with Crippen LogP contribution < -0.4 is 9.47 Å². The van der Waals surface area contributed by atoms with Crippen LogP contribution in [0.15, 0.2) is 61.2 Å². The summed E-state index contributed by atoms with van der Waals surface area (Å²) >= 11 is 0. The van der Waals surface area contributed by atoms with E-state index in [1.54, 1.807) is 6.07 Å². The molecule has 2 heterocycles. The van der Waals surface area contributed by atoms with E-state index in [0.29, 0.717) is 37.9 Å². The highest BCUT2D eigenvalue weighted by molar-refractivity contribution is 5.92. The van der Waals surface area contributed by atoms with Crippen molar-refractivity contribution in [1.29, 1.82) is 0 Å². The topological polar surface area (TPSA) is 68.3 Å². The molecule has 7 nitrogen and oxygen atoms in total.